The van der Waals surface area contributed by atoms with Gasteiger partial charge in [-0.25, -0.2) is 4.79 Å². The van der Waals surface area contributed by atoms with Crippen molar-refractivity contribution in [2.75, 3.05) is 19.7 Å². The maximum atomic E-state index is 12.0. The van der Waals surface area contributed by atoms with Gasteiger partial charge in [-0.2, -0.15) is 0 Å². The van der Waals surface area contributed by atoms with E-state index in [4.69, 9.17) is 9.47 Å². The SMILES string of the molecule is CC(C)COC(OC(=O)N1CCCCC1)C(C)C. The zero-order chi connectivity index (χ0) is 13.5. The molecule has 0 bridgehead atoms. The molecule has 0 radical (unpaired) electrons. The van der Waals surface area contributed by atoms with E-state index in [0.717, 1.165) is 25.9 Å². The maximum absolute atomic E-state index is 12.0. The highest BCUT2D eigenvalue weighted by Crippen LogP contribution is 2.15. The molecule has 4 nitrogen and oxygen atoms in total. The van der Waals surface area contributed by atoms with E-state index >= 15 is 0 Å². The predicted octanol–water partition coefficient (Wildman–Crippen LogP) is 3.26. The Morgan fingerprint density at radius 2 is 1.72 bits per heavy atom. The average molecular weight is 257 g/mol. The third-order valence-corrected chi connectivity index (χ3v) is 2.97. The van der Waals surface area contributed by atoms with Crippen molar-refractivity contribution < 1.29 is 14.3 Å². The molecule has 1 aliphatic rings. The lowest BCUT2D eigenvalue weighted by atomic mass is 10.1. The lowest BCUT2D eigenvalue weighted by molar-refractivity contribution is -0.142. The minimum Gasteiger partial charge on any atom is -0.419 e. The second kappa shape index (κ2) is 7.62. The summed E-state index contributed by atoms with van der Waals surface area (Å²) < 4.78 is 11.1. The highest BCUT2D eigenvalue weighted by Gasteiger charge is 2.24. The fourth-order valence-corrected chi connectivity index (χ4v) is 1.90. The highest BCUT2D eigenvalue weighted by molar-refractivity contribution is 5.67. The third kappa shape index (κ3) is 5.25. The number of hydrogen-bond acceptors (Lipinski definition) is 3. The van der Waals surface area contributed by atoms with Crippen LogP contribution in [0.5, 0.6) is 0 Å². The van der Waals surface area contributed by atoms with Gasteiger partial charge in [0.05, 0.1) is 6.61 Å². The molecular formula is C14H27NO3. The summed E-state index contributed by atoms with van der Waals surface area (Å²) in [5, 5.41) is 0. The quantitative estimate of drug-likeness (QED) is 0.710. The Balaban J connectivity index is 2.41. The van der Waals surface area contributed by atoms with Crippen LogP contribution >= 0.6 is 0 Å². The molecule has 1 unspecified atom stereocenters. The van der Waals surface area contributed by atoms with E-state index in [2.05, 4.69) is 13.8 Å². The number of nitrogens with zero attached hydrogens (tertiary/aromatic N) is 1. The second-order valence-electron chi connectivity index (χ2n) is 5.77. The van der Waals surface area contributed by atoms with Gasteiger partial charge < -0.3 is 14.4 Å². The van der Waals surface area contributed by atoms with Crippen molar-refractivity contribution in [3.63, 3.8) is 0 Å². The summed E-state index contributed by atoms with van der Waals surface area (Å²) in [6, 6.07) is 0. The average Bonchev–Trinajstić information content (AvgIpc) is 2.34. The van der Waals surface area contributed by atoms with Crippen LogP contribution in [0.15, 0.2) is 0 Å². The van der Waals surface area contributed by atoms with Crippen molar-refractivity contribution in [3.8, 4) is 0 Å². The standard InChI is InChI=1S/C14H27NO3/c1-11(2)10-17-13(12(3)4)18-14(16)15-8-6-5-7-9-15/h11-13H,5-10H2,1-4H3. The van der Waals surface area contributed by atoms with Crippen LogP contribution in [0.3, 0.4) is 0 Å². The first-order chi connectivity index (χ1) is 8.50. The smallest absolute Gasteiger partial charge is 0.412 e. The van der Waals surface area contributed by atoms with E-state index in [1.54, 1.807) is 4.90 Å². The minimum atomic E-state index is -0.429. The predicted molar refractivity (Wildman–Crippen MR) is 71.3 cm³/mol. The van der Waals surface area contributed by atoms with Gasteiger partial charge in [0.15, 0.2) is 0 Å². The maximum Gasteiger partial charge on any atom is 0.412 e. The van der Waals surface area contributed by atoms with Gasteiger partial charge in [-0.3, -0.25) is 0 Å². The van der Waals surface area contributed by atoms with Crippen LogP contribution in [0, 0.1) is 11.8 Å². The molecular weight excluding hydrogens is 230 g/mol. The molecule has 1 amide bonds. The number of rotatable bonds is 5. The van der Waals surface area contributed by atoms with Crippen LogP contribution in [-0.4, -0.2) is 37.0 Å². The summed E-state index contributed by atoms with van der Waals surface area (Å²) in [5.74, 6) is 0.623. The molecule has 1 heterocycles. The first kappa shape index (κ1) is 15.3. The Labute approximate surface area is 111 Å². The Morgan fingerprint density at radius 3 is 2.22 bits per heavy atom. The third-order valence-electron chi connectivity index (χ3n) is 2.97. The molecule has 0 saturated carbocycles. The lowest BCUT2D eigenvalue weighted by Crippen LogP contribution is -2.40. The van der Waals surface area contributed by atoms with E-state index in [9.17, 15) is 4.79 Å². The molecule has 0 aromatic rings. The molecule has 0 aromatic carbocycles. The number of piperidine rings is 1. The largest absolute Gasteiger partial charge is 0.419 e. The van der Waals surface area contributed by atoms with Crippen LogP contribution in [0.1, 0.15) is 47.0 Å². The molecule has 1 saturated heterocycles. The monoisotopic (exact) mass is 257 g/mol. The summed E-state index contributed by atoms with van der Waals surface area (Å²) in [6.07, 6.45) is 2.71. The molecule has 0 aliphatic carbocycles. The fraction of sp³-hybridized carbons (Fsp3) is 0.929. The number of ether oxygens (including phenoxy) is 2. The zero-order valence-electron chi connectivity index (χ0n) is 12.1. The molecule has 0 N–H and O–H groups in total. The summed E-state index contributed by atoms with van der Waals surface area (Å²) in [4.78, 5) is 13.8. The van der Waals surface area contributed by atoms with Gasteiger partial charge in [0, 0.05) is 19.0 Å². The normalized spacial score (nSPS) is 18.2. The minimum absolute atomic E-state index is 0.178. The molecule has 1 aliphatic heterocycles. The fourth-order valence-electron chi connectivity index (χ4n) is 1.90. The molecule has 0 aromatic heterocycles. The summed E-state index contributed by atoms with van der Waals surface area (Å²) in [6.45, 7) is 10.4. The van der Waals surface area contributed by atoms with Crippen molar-refractivity contribution >= 4 is 6.09 Å². The molecule has 18 heavy (non-hydrogen) atoms. The van der Waals surface area contributed by atoms with Crippen molar-refractivity contribution in [1.29, 1.82) is 0 Å². The van der Waals surface area contributed by atoms with Gasteiger partial charge in [0.2, 0.25) is 6.29 Å². The van der Waals surface area contributed by atoms with Crippen molar-refractivity contribution in [3.05, 3.63) is 0 Å². The lowest BCUT2D eigenvalue weighted by Gasteiger charge is -2.29. The van der Waals surface area contributed by atoms with Gasteiger partial charge in [-0.1, -0.05) is 27.7 Å². The Hall–Kier alpha value is -0.770. The summed E-state index contributed by atoms with van der Waals surface area (Å²) in [7, 11) is 0. The van der Waals surface area contributed by atoms with Crippen LogP contribution in [0.4, 0.5) is 4.79 Å². The molecule has 1 fully saturated rings. The first-order valence-corrected chi connectivity index (χ1v) is 7.08. The van der Waals surface area contributed by atoms with Crippen LogP contribution in [0.25, 0.3) is 0 Å². The van der Waals surface area contributed by atoms with Gasteiger partial charge in [0.1, 0.15) is 0 Å². The Kier molecular flexibility index (Phi) is 6.47. The topological polar surface area (TPSA) is 38.8 Å². The van der Waals surface area contributed by atoms with Crippen LogP contribution < -0.4 is 0 Å². The molecule has 0 spiro atoms. The number of likely N-dealkylation sites (tertiary alicyclic amines) is 1. The van der Waals surface area contributed by atoms with Gasteiger partial charge in [-0.15, -0.1) is 0 Å². The van der Waals surface area contributed by atoms with Gasteiger partial charge in [-0.05, 0) is 25.2 Å². The Bertz CT molecular complexity index is 247. The van der Waals surface area contributed by atoms with E-state index < -0.39 is 6.29 Å². The number of carbonyl (C=O) groups excluding carboxylic acids is 1. The first-order valence-electron chi connectivity index (χ1n) is 7.08. The van der Waals surface area contributed by atoms with E-state index in [1.807, 2.05) is 13.8 Å². The van der Waals surface area contributed by atoms with Crippen LogP contribution in [0.2, 0.25) is 0 Å². The van der Waals surface area contributed by atoms with Crippen molar-refractivity contribution in [2.24, 2.45) is 11.8 Å². The highest BCUT2D eigenvalue weighted by atomic mass is 16.7. The van der Waals surface area contributed by atoms with E-state index in [-0.39, 0.29) is 12.0 Å². The summed E-state index contributed by atoms with van der Waals surface area (Å²) in [5.41, 5.74) is 0. The summed E-state index contributed by atoms with van der Waals surface area (Å²) >= 11 is 0. The number of amides is 1. The van der Waals surface area contributed by atoms with E-state index in [1.165, 1.54) is 6.42 Å². The number of hydrogen-bond donors (Lipinski definition) is 0. The zero-order valence-corrected chi connectivity index (χ0v) is 12.1. The molecule has 4 heteroatoms. The van der Waals surface area contributed by atoms with Gasteiger partial charge in [0.25, 0.3) is 0 Å². The van der Waals surface area contributed by atoms with Crippen molar-refractivity contribution in [1.82, 2.24) is 4.90 Å². The molecule has 1 rings (SSSR count). The molecule has 106 valence electrons. The number of carbonyl (C=O) groups is 1. The second-order valence-corrected chi connectivity index (χ2v) is 5.77. The van der Waals surface area contributed by atoms with Crippen molar-refractivity contribution in [2.45, 2.75) is 53.2 Å². The Morgan fingerprint density at radius 1 is 1.11 bits per heavy atom. The van der Waals surface area contributed by atoms with Crippen LogP contribution in [-0.2, 0) is 9.47 Å². The van der Waals surface area contributed by atoms with E-state index in [0.29, 0.717) is 12.5 Å². The molecule has 1 atom stereocenters. The van der Waals surface area contributed by atoms with Gasteiger partial charge >= 0.3 is 6.09 Å².